The molecular formula is C26H17Cl2NO2S. The maximum Gasteiger partial charge on any atom is 0.267 e. The van der Waals surface area contributed by atoms with Crippen molar-refractivity contribution in [1.29, 1.82) is 0 Å². The molecule has 0 spiro atoms. The number of fused-ring (bicyclic) bond motifs is 3. The first-order valence-corrected chi connectivity index (χ1v) is 11.5. The van der Waals surface area contributed by atoms with E-state index in [1.807, 2.05) is 78.9 Å². The summed E-state index contributed by atoms with van der Waals surface area (Å²) in [7, 11) is 0. The Bertz CT molecular complexity index is 1430. The quantitative estimate of drug-likeness (QED) is 0.277. The van der Waals surface area contributed by atoms with E-state index < -0.39 is 0 Å². The highest BCUT2D eigenvalue weighted by Gasteiger charge is 2.19. The first kappa shape index (κ1) is 20.8. The lowest BCUT2D eigenvalue weighted by Gasteiger charge is -2.08. The zero-order valence-electron chi connectivity index (χ0n) is 16.8. The van der Waals surface area contributed by atoms with E-state index in [1.54, 1.807) is 0 Å². The summed E-state index contributed by atoms with van der Waals surface area (Å²) in [6.07, 6.45) is 0. The highest BCUT2D eigenvalue weighted by Crippen LogP contribution is 2.40. The van der Waals surface area contributed by atoms with E-state index in [4.69, 9.17) is 27.9 Å². The summed E-state index contributed by atoms with van der Waals surface area (Å²) < 4.78 is 6.79. The van der Waals surface area contributed by atoms with Gasteiger partial charge in [0, 0.05) is 20.8 Å². The van der Waals surface area contributed by atoms with Crippen LogP contribution in [0.15, 0.2) is 84.9 Å². The number of amides is 1. The van der Waals surface area contributed by atoms with Crippen LogP contribution in [0, 0.1) is 0 Å². The molecule has 1 N–H and O–H groups in total. The topological polar surface area (TPSA) is 38.3 Å². The predicted octanol–water partition coefficient (Wildman–Crippen LogP) is 8.19. The standard InChI is InChI=1S/C26H17Cl2NO2S/c27-18-8-5-16(6-9-18)15-31-20-12-10-19(11-13-20)29-26(30)25-24(28)23-21-4-2-1-3-17(21)7-14-22(23)32-25/h1-14H,15H2,(H,29,30). The molecule has 32 heavy (non-hydrogen) atoms. The number of hydrogen-bond donors (Lipinski definition) is 1. The van der Waals surface area contributed by atoms with E-state index >= 15 is 0 Å². The Morgan fingerprint density at radius 3 is 2.41 bits per heavy atom. The minimum absolute atomic E-state index is 0.227. The smallest absolute Gasteiger partial charge is 0.267 e. The van der Waals surface area contributed by atoms with Crippen molar-refractivity contribution < 1.29 is 9.53 Å². The first-order valence-electron chi connectivity index (χ1n) is 9.97. The van der Waals surface area contributed by atoms with Gasteiger partial charge in [0.1, 0.15) is 17.2 Å². The Morgan fingerprint density at radius 1 is 0.875 bits per heavy atom. The van der Waals surface area contributed by atoms with Gasteiger partial charge in [-0.1, -0.05) is 65.7 Å². The maximum absolute atomic E-state index is 12.9. The summed E-state index contributed by atoms with van der Waals surface area (Å²) >= 11 is 14.0. The number of hydrogen-bond acceptors (Lipinski definition) is 3. The number of rotatable bonds is 5. The van der Waals surface area contributed by atoms with Crippen molar-refractivity contribution >= 4 is 67.0 Å². The number of benzene rings is 4. The molecule has 1 heterocycles. The second kappa shape index (κ2) is 8.83. The van der Waals surface area contributed by atoms with E-state index in [9.17, 15) is 4.79 Å². The van der Waals surface area contributed by atoms with Crippen molar-refractivity contribution in [2.75, 3.05) is 5.32 Å². The number of thiophene rings is 1. The van der Waals surface area contributed by atoms with Crippen LogP contribution in [0.4, 0.5) is 5.69 Å². The fourth-order valence-corrected chi connectivity index (χ4v) is 5.14. The molecule has 3 nitrogen and oxygen atoms in total. The summed E-state index contributed by atoms with van der Waals surface area (Å²) in [4.78, 5) is 13.4. The third-order valence-corrected chi connectivity index (χ3v) is 7.05. The Labute approximate surface area is 199 Å². The van der Waals surface area contributed by atoms with Crippen molar-refractivity contribution in [2.24, 2.45) is 0 Å². The van der Waals surface area contributed by atoms with Crippen molar-refractivity contribution in [3.8, 4) is 5.75 Å². The average molecular weight is 478 g/mol. The number of ether oxygens (including phenoxy) is 1. The summed E-state index contributed by atoms with van der Waals surface area (Å²) in [5.74, 6) is 0.486. The van der Waals surface area contributed by atoms with Gasteiger partial charge in [-0.25, -0.2) is 0 Å². The van der Waals surface area contributed by atoms with Gasteiger partial charge in [-0.15, -0.1) is 11.3 Å². The Morgan fingerprint density at radius 2 is 1.62 bits per heavy atom. The van der Waals surface area contributed by atoms with Crippen LogP contribution < -0.4 is 10.1 Å². The second-order valence-corrected chi connectivity index (χ2v) is 9.17. The minimum atomic E-state index is -0.227. The molecule has 0 radical (unpaired) electrons. The minimum Gasteiger partial charge on any atom is -0.489 e. The van der Waals surface area contributed by atoms with Gasteiger partial charge in [0.15, 0.2) is 0 Å². The molecule has 1 amide bonds. The summed E-state index contributed by atoms with van der Waals surface area (Å²) in [5, 5.41) is 7.18. The van der Waals surface area contributed by atoms with Crippen molar-refractivity contribution in [2.45, 2.75) is 6.61 Å². The number of carbonyl (C=O) groups excluding carboxylic acids is 1. The number of anilines is 1. The lowest BCUT2D eigenvalue weighted by atomic mass is 10.1. The average Bonchev–Trinajstić information content (AvgIpc) is 3.17. The first-order chi connectivity index (χ1) is 15.6. The third kappa shape index (κ3) is 4.17. The fourth-order valence-electron chi connectivity index (χ4n) is 3.55. The molecule has 0 aliphatic carbocycles. The van der Waals surface area contributed by atoms with Gasteiger partial charge in [0.25, 0.3) is 5.91 Å². The molecule has 0 fully saturated rings. The van der Waals surface area contributed by atoms with Gasteiger partial charge >= 0.3 is 0 Å². The molecule has 4 aromatic carbocycles. The lowest BCUT2D eigenvalue weighted by Crippen LogP contribution is -2.10. The molecule has 0 aliphatic heterocycles. The number of halogens is 2. The maximum atomic E-state index is 12.9. The van der Waals surface area contributed by atoms with E-state index in [0.717, 1.165) is 26.4 Å². The monoisotopic (exact) mass is 477 g/mol. The highest BCUT2D eigenvalue weighted by atomic mass is 35.5. The van der Waals surface area contributed by atoms with Crippen molar-refractivity contribution in [1.82, 2.24) is 0 Å². The van der Waals surface area contributed by atoms with Gasteiger partial charge in [-0.05, 0) is 58.8 Å². The van der Waals surface area contributed by atoms with Crippen LogP contribution in [-0.2, 0) is 6.61 Å². The Hall–Kier alpha value is -3.05. The highest BCUT2D eigenvalue weighted by molar-refractivity contribution is 7.22. The van der Waals surface area contributed by atoms with Crippen molar-refractivity contribution in [3.63, 3.8) is 0 Å². The van der Waals surface area contributed by atoms with Crippen LogP contribution in [0.2, 0.25) is 10.0 Å². The Kier molecular flexibility index (Phi) is 5.75. The second-order valence-electron chi connectivity index (χ2n) is 7.30. The molecule has 5 rings (SSSR count). The lowest BCUT2D eigenvalue weighted by molar-refractivity contribution is 0.103. The summed E-state index contributed by atoms with van der Waals surface area (Å²) in [5.41, 5.74) is 1.70. The Balaban J connectivity index is 1.31. The molecule has 0 bridgehead atoms. The van der Waals surface area contributed by atoms with Crippen LogP contribution in [0.1, 0.15) is 15.2 Å². The molecule has 0 unspecified atom stereocenters. The zero-order chi connectivity index (χ0) is 22.1. The SMILES string of the molecule is O=C(Nc1ccc(OCc2ccc(Cl)cc2)cc1)c1sc2ccc3ccccc3c2c1Cl. The van der Waals surface area contributed by atoms with Crippen LogP contribution in [0.5, 0.6) is 5.75 Å². The normalized spacial score (nSPS) is 11.1. The predicted molar refractivity (Wildman–Crippen MR) is 135 cm³/mol. The van der Waals surface area contributed by atoms with Gasteiger partial charge in [-0.3, -0.25) is 4.79 Å². The van der Waals surface area contributed by atoms with Gasteiger partial charge < -0.3 is 10.1 Å². The van der Waals surface area contributed by atoms with Crippen molar-refractivity contribution in [3.05, 3.63) is 105 Å². The molecule has 6 heteroatoms. The molecular weight excluding hydrogens is 461 g/mol. The van der Waals surface area contributed by atoms with Crippen LogP contribution >= 0.6 is 34.5 Å². The number of nitrogens with one attached hydrogen (secondary N) is 1. The van der Waals surface area contributed by atoms with Gasteiger partial charge in [-0.2, -0.15) is 0 Å². The number of carbonyl (C=O) groups is 1. The zero-order valence-corrected chi connectivity index (χ0v) is 19.1. The van der Waals surface area contributed by atoms with Crippen LogP contribution in [0.3, 0.4) is 0 Å². The summed E-state index contributed by atoms with van der Waals surface area (Å²) in [6.45, 7) is 0.439. The van der Waals surface area contributed by atoms with E-state index in [0.29, 0.717) is 33.0 Å². The largest absolute Gasteiger partial charge is 0.489 e. The molecule has 1 aromatic heterocycles. The summed E-state index contributed by atoms with van der Waals surface area (Å²) in [6, 6.07) is 26.9. The van der Waals surface area contributed by atoms with Gasteiger partial charge in [0.2, 0.25) is 0 Å². The van der Waals surface area contributed by atoms with E-state index in [2.05, 4.69) is 11.4 Å². The molecule has 0 atom stereocenters. The van der Waals surface area contributed by atoms with Gasteiger partial charge in [0.05, 0.1) is 5.02 Å². The van der Waals surface area contributed by atoms with E-state index in [1.165, 1.54) is 11.3 Å². The van der Waals surface area contributed by atoms with Crippen LogP contribution in [-0.4, -0.2) is 5.91 Å². The molecule has 0 saturated heterocycles. The molecule has 0 aliphatic rings. The fraction of sp³-hybridized carbons (Fsp3) is 0.0385. The third-order valence-electron chi connectivity index (χ3n) is 5.16. The van der Waals surface area contributed by atoms with E-state index in [-0.39, 0.29) is 5.91 Å². The molecule has 0 saturated carbocycles. The van der Waals surface area contributed by atoms with Crippen LogP contribution in [0.25, 0.3) is 20.9 Å². The molecule has 158 valence electrons. The molecule has 5 aromatic rings.